The van der Waals surface area contributed by atoms with Gasteiger partial charge in [-0.25, -0.2) is 0 Å². The van der Waals surface area contributed by atoms with E-state index in [-0.39, 0.29) is 0 Å². The molecule has 0 aliphatic carbocycles. The molecule has 1 aromatic carbocycles. The highest BCUT2D eigenvalue weighted by molar-refractivity contribution is 7.18. The molecule has 1 fully saturated rings. The van der Waals surface area contributed by atoms with E-state index in [0.717, 1.165) is 61.1 Å². The quantitative estimate of drug-likeness (QED) is 0.635. The zero-order valence-electron chi connectivity index (χ0n) is 15.7. The zero-order chi connectivity index (χ0) is 18.5. The van der Waals surface area contributed by atoms with Crippen molar-refractivity contribution in [1.82, 2.24) is 25.3 Å². The summed E-state index contributed by atoms with van der Waals surface area (Å²) in [5, 5.41) is 18.9. The van der Waals surface area contributed by atoms with E-state index in [1.807, 2.05) is 29.1 Å². The summed E-state index contributed by atoms with van der Waals surface area (Å²) in [5.74, 6) is 0. The number of benzene rings is 1. The summed E-state index contributed by atoms with van der Waals surface area (Å²) in [6.07, 6.45) is 7.44. The summed E-state index contributed by atoms with van der Waals surface area (Å²) in [6.45, 7) is 6.18. The highest BCUT2D eigenvalue weighted by Crippen LogP contribution is 2.30. The van der Waals surface area contributed by atoms with Gasteiger partial charge in [-0.1, -0.05) is 41.7 Å². The molecule has 3 heterocycles. The van der Waals surface area contributed by atoms with Gasteiger partial charge >= 0.3 is 0 Å². The van der Waals surface area contributed by atoms with Gasteiger partial charge in [0.15, 0.2) is 0 Å². The van der Waals surface area contributed by atoms with Gasteiger partial charge in [0.05, 0.1) is 6.20 Å². The fourth-order valence-electron chi connectivity index (χ4n) is 3.45. The molecule has 0 amide bonds. The summed E-state index contributed by atoms with van der Waals surface area (Å²) in [6, 6.07) is 10.9. The number of nitrogens with zero attached hydrogens (tertiary/aromatic N) is 5. The highest BCUT2D eigenvalue weighted by atomic mass is 32.1. The summed E-state index contributed by atoms with van der Waals surface area (Å²) in [7, 11) is 0. The van der Waals surface area contributed by atoms with Crippen molar-refractivity contribution in [2.75, 3.05) is 24.5 Å². The number of piperidine rings is 1. The summed E-state index contributed by atoms with van der Waals surface area (Å²) < 4.78 is 2.03. The van der Waals surface area contributed by atoms with E-state index in [1.54, 1.807) is 11.3 Å². The number of rotatable bonds is 7. The highest BCUT2D eigenvalue weighted by Gasteiger charge is 2.21. The van der Waals surface area contributed by atoms with Crippen LogP contribution in [-0.4, -0.2) is 45.7 Å². The molecule has 1 aliphatic rings. The third-order valence-electron chi connectivity index (χ3n) is 4.96. The van der Waals surface area contributed by atoms with E-state index in [2.05, 4.69) is 50.8 Å². The van der Waals surface area contributed by atoms with Crippen molar-refractivity contribution in [3.8, 4) is 10.6 Å². The number of aryl methyl sites for hydroxylation is 2. The van der Waals surface area contributed by atoms with Crippen LogP contribution in [0.1, 0.15) is 24.8 Å². The van der Waals surface area contributed by atoms with Crippen LogP contribution in [0.4, 0.5) is 5.13 Å². The average molecular weight is 383 g/mol. The normalized spacial score (nSPS) is 15.4. The first-order chi connectivity index (χ1) is 13.3. The molecular formula is C20H26N6S. The van der Waals surface area contributed by atoms with Crippen LogP contribution in [0.25, 0.3) is 10.6 Å². The maximum atomic E-state index is 4.42. The van der Waals surface area contributed by atoms with Gasteiger partial charge in [-0.15, -0.1) is 10.2 Å². The SMILES string of the molecule is Cc1cnn(CCCNC2CCN(c3nnc(-c4ccccc4)s3)CC2)c1. The first-order valence-electron chi connectivity index (χ1n) is 9.64. The first-order valence-corrected chi connectivity index (χ1v) is 10.5. The van der Waals surface area contributed by atoms with Crippen molar-refractivity contribution >= 4 is 16.5 Å². The van der Waals surface area contributed by atoms with Gasteiger partial charge in [-0.05, 0) is 38.3 Å². The lowest BCUT2D eigenvalue weighted by atomic mass is 10.1. The Labute approximate surface area is 164 Å². The lowest BCUT2D eigenvalue weighted by Gasteiger charge is -2.32. The van der Waals surface area contributed by atoms with Crippen LogP contribution in [-0.2, 0) is 6.54 Å². The van der Waals surface area contributed by atoms with Gasteiger partial charge in [0.1, 0.15) is 5.01 Å². The van der Waals surface area contributed by atoms with Gasteiger partial charge in [-0.2, -0.15) is 5.10 Å². The minimum Gasteiger partial charge on any atom is -0.347 e. The smallest absolute Gasteiger partial charge is 0.208 e. The van der Waals surface area contributed by atoms with Crippen LogP contribution in [0.2, 0.25) is 0 Å². The predicted octanol–water partition coefficient (Wildman–Crippen LogP) is 3.36. The molecule has 7 heteroatoms. The molecule has 0 radical (unpaired) electrons. The van der Waals surface area contributed by atoms with Gasteiger partial charge in [0, 0.05) is 37.4 Å². The Morgan fingerprint density at radius 2 is 1.96 bits per heavy atom. The molecule has 1 saturated heterocycles. The molecule has 142 valence electrons. The van der Waals surface area contributed by atoms with Crippen molar-refractivity contribution < 1.29 is 0 Å². The van der Waals surface area contributed by atoms with Gasteiger partial charge in [0.2, 0.25) is 5.13 Å². The van der Waals surface area contributed by atoms with Gasteiger partial charge in [0.25, 0.3) is 0 Å². The minimum atomic E-state index is 0.599. The Kier molecular flexibility index (Phi) is 5.79. The topological polar surface area (TPSA) is 58.9 Å². The monoisotopic (exact) mass is 382 g/mol. The van der Waals surface area contributed by atoms with Crippen molar-refractivity contribution in [3.63, 3.8) is 0 Å². The molecule has 1 N–H and O–H groups in total. The first kappa shape index (κ1) is 18.1. The average Bonchev–Trinajstić information content (AvgIpc) is 3.36. The molecule has 0 spiro atoms. The largest absolute Gasteiger partial charge is 0.347 e. The fourth-order valence-corrected chi connectivity index (χ4v) is 4.35. The Morgan fingerprint density at radius 3 is 2.70 bits per heavy atom. The number of hydrogen-bond donors (Lipinski definition) is 1. The van der Waals surface area contributed by atoms with E-state index in [4.69, 9.17) is 0 Å². The van der Waals surface area contributed by atoms with E-state index < -0.39 is 0 Å². The minimum absolute atomic E-state index is 0.599. The second-order valence-electron chi connectivity index (χ2n) is 7.11. The molecule has 0 unspecified atom stereocenters. The third kappa shape index (κ3) is 4.73. The predicted molar refractivity (Wildman–Crippen MR) is 110 cm³/mol. The van der Waals surface area contributed by atoms with E-state index in [9.17, 15) is 0 Å². The lowest BCUT2D eigenvalue weighted by Crippen LogP contribution is -2.43. The Bertz CT molecular complexity index is 835. The molecule has 6 nitrogen and oxygen atoms in total. The van der Waals surface area contributed by atoms with Crippen LogP contribution < -0.4 is 10.2 Å². The fraction of sp³-hybridized carbons (Fsp3) is 0.450. The van der Waals surface area contributed by atoms with Crippen LogP contribution in [0, 0.1) is 6.92 Å². The third-order valence-corrected chi connectivity index (χ3v) is 5.99. The number of nitrogens with one attached hydrogen (secondary N) is 1. The number of anilines is 1. The Balaban J connectivity index is 1.20. The van der Waals surface area contributed by atoms with Crippen molar-refractivity contribution in [2.45, 2.75) is 38.8 Å². The van der Waals surface area contributed by atoms with Crippen molar-refractivity contribution in [3.05, 3.63) is 48.3 Å². The van der Waals surface area contributed by atoms with Crippen molar-refractivity contribution in [2.24, 2.45) is 0 Å². The van der Waals surface area contributed by atoms with E-state index in [1.165, 1.54) is 5.56 Å². The molecular weight excluding hydrogens is 356 g/mol. The molecule has 0 saturated carbocycles. The van der Waals surface area contributed by atoms with E-state index >= 15 is 0 Å². The summed E-state index contributed by atoms with van der Waals surface area (Å²) in [5.41, 5.74) is 2.37. The molecule has 1 aliphatic heterocycles. The number of aromatic nitrogens is 4. The van der Waals surface area contributed by atoms with Crippen LogP contribution in [0.3, 0.4) is 0 Å². The second kappa shape index (κ2) is 8.63. The van der Waals surface area contributed by atoms with Crippen LogP contribution >= 0.6 is 11.3 Å². The maximum Gasteiger partial charge on any atom is 0.208 e. The second-order valence-corrected chi connectivity index (χ2v) is 8.06. The lowest BCUT2D eigenvalue weighted by molar-refractivity contribution is 0.404. The van der Waals surface area contributed by atoms with Crippen molar-refractivity contribution in [1.29, 1.82) is 0 Å². The zero-order valence-corrected chi connectivity index (χ0v) is 16.5. The van der Waals surface area contributed by atoms with Crippen LogP contribution in [0.15, 0.2) is 42.7 Å². The molecule has 0 atom stereocenters. The maximum absolute atomic E-state index is 4.42. The molecule has 0 bridgehead atoms. The summed E-state index contributed by atoms with van der Waals surface area (Å²) in [4.78, 5) is 2.37. The molecule has 27 heavy (non-hydrogen) atoms. The standard InChI is InChI=1S/C20H26N6S/c1-16-14-22-26(15-16)11-5-10-21-18-8-12-25(13-9-18)20-24-23-19(27-20)17-6-3-2-4-7-17/h2-4,6-7,14-15,18,21H,5,8-13H2,1H3. The van der Waals surface area contributed by atoms with Crippen LogP contribution in [0.5, 0.6) is 0 Å². The Morgan fingerprint density at radius 1 is 1.15 bits per heavy atom. The summed E-state index contributed by atoms with van der Waals surface area (Å²) >= 11 is 1.69. The molecule has 4 rings (SSSR count). The Hall–Kier alpha value is -2.25. The van der Waals surface area contributed by atoms with Gasteiger partial charge < -0.3 is 10.2 Å². The molecule has 3 aromatic rings. The number of hydrogen-bond acceptors (Lipinski definition) is 6. The molecule has 2 aromatic heterocycles. The van der Waals surface area contributed by atoms with Gasteiger partial charge in [-0.3, -0.25) is 4.68 Å². The van der Waals surface area contributed by atoms with E-state index in [0.29, 0.717) is 6.04 Å².